The van der Waals surface area contributed by atoms with Crippen LogP contribution in [0, 0.1) is 27.7 Å². The van der Waals surface area contributed by atoms with Crippen molar-refractivity contribution in [2.75, 3.05) is 33.9 Å². The molecule has 2 aromatic carbocycles. The van der Waals surface area contributed by atoms with Gasteiger partial charge in [0.1, 0.15) is 0 Å². The minimum absolute atomic E-state index is 0.420. The van der Waals surface area contributed by atoms with Gasteiger partial charge in [-0.2, -0.15) is 0 Å². The number of ether oxygens (including phenoxy) is 2. The van der Waals surface area contributed by atoms with Gasteiger partial charge in [-0.05, 0) is 92.6 Å². The van der Waals surface area contributed by atoms with Gasteiger partial charge in [0.15, 0.2) is 11.5 Å². The highest BCUT2D eigenvalue weighted by atomic mass is 32.2. The van der Waals surface area contributed by atoms with Gasteiger partial charge in [-0.3, -0.25) is 4.90 Å². The highest BCUT2D eigenvalue weighted by Crippen LogP contribution is 2.33. The highest BCUT2D eigenvalue weighted by Gasteiger charge is 2.22. The van der Waals surface area contributed by atoms with Gasteiger partial charge in [-0.15, -0.1) is 0 Å². The van der Waals surface area contributed by atoms with E-state index < -0.39 is 10.0 Å². The summed E-state index contributed by atoms with van der Waals surface area (Å²) in [4.78, 5) is 2.79. The molecule has 1 heterocycles. The maximum Gasteiger partial charge on any atom is 0.241 e. The van der Waals surface area contributed by atoms with Crippen LogP contribution < -0.4 is 14.2 Å². The number of aryl methyl sites for hydroxylation is 2. The van der Waals surface area contributed by atoms with Crippen molar-refractivity contribution < 1.29 is 17.9 Å². The second kappa shape index (κ2) is 9.59. The summed E-state index contributed by atoms with van der Waals surface area (Å²) in [7, 11) is -0.231. The van der Waals surface area contributed by atoms with Crippen molar-refractivity contribution in [1.82, 2.24) is 9.62 Å². The molecule has 0 radical (unpaired) electrons. The number of benzene rings is 2. The molecule has 1 N–H and O–H groups in total. The molecule has 0 atom stereocenters. The molecule has 31 heavy (non-hydrogen) atoms. The molecule has 0 saturated carbocycles. The summed E-state index contributed by atoms with van der Waals surface area (Å²) < 4.78 is 39.6. The van der Waals surface area contributed by atoms with Gasteiger partial charge in [0.2, 0.25) is 10.0 Å². The lowest BCUT2D eigenvalue weighted by atomic mass is 9.98. The molecular formula is C24H34N2O4S. The summed E-state index contributed by atoms with van der Waals surface area (Å²) in [6, 6.07) is 6.16. The number of hydrogen-bond donors (Lipinski definition) is 1. The first-order valence-corrected chi connectivity index (χ1v) is 12.2. The Bertz CT molecular complexity index is 1040. The van der Waals surface area contributed by atoms with Crippen LogP contribution in [0.3, 0.4) is 0 Å². The summed E-state index contributed by atoms with van der Waals surface area (Å²) in [6.07, 6.45) is 1.70. The van der Waals surface area contributed by atoms with Crippen molar-refractivity contribution in [2.45, 2.75) is 52.0 Å². The molecule has 0 spiro atoms. The Kier molecular flexibility index (Phi) is 7.29. The first-order valence-electron chi connectivity index (χ1n) is 10.7. The van der Waals surface area contributed by atoms with Crippen molar-refractivity contribution in [1.29, 1.82) is 0 Å². The third kappa shape index (κ3) is 5.05. The Morgan fingerprint density at radius 2 is 1.52 bits per heavy atom. The SMILES string of the molecule is COc1cc2c(cc1OC)CN(CCCNS(=O)(=O)c1c(C)c(C)cc(C)c1C)CC2. The van der Waals surface area contributed by atoms with Crippen LogP contribution in [0.15, 0.2) is 23.1 Å². The molecular weight excluding hydrogens is 412 g/mol. The van der Waals surface area contributed by atoms with Gasteiger partial charge in [-0.1, -0.05) is 6.07 Å². The Hall–Kier alpha value is -2.09. The first kappa shape index (κ1) is 23.6. The average molecular weight is 447 g/mol. The van der Waals surface area contributed by atoms with E-state index in [0.717, 1.165) is 66.2 Å². The number of fused-ring (bicyclic) bond motifs is 1. The topological polar surface area (TPSA) is 67.9 Å². The van der Waals surface area contributed by atoms with Crippen LogP contribution >= 0.6 is 0 Å². The van der Waals surface area contributed by atoms with E-state index in [9.17, 15) is 8.42 Å². The van der Waals surface area contributed by atoms with Crippen molar-refractivity contribution in [2.24, 2.45) is 0 Å². The molecule has 0 aromatic heterocycles. The zero-order chi connectivity index (χ0) is 22.8. The predicted molar refractivity (Wildman–Crippen MR) is 124 cm³/mol. The van der Waals surface area contributed by atoms with Gasteiger partial charge in [0.25, 0.3) is 0 Å². The molecule has 3 rings (SSSR count). The molecule has 1 aliphatic heterocycles. The number of sulfonamides is 1. The molecule has 1 aliphatic rings. The van der Waals surface area contributed by atoms with Crippen molar-refractivity contribution in [3.05, 3.63) is 51.6 Å². The van der Waals surface area contributed by atoms with Crippen molar-refractivity contribution in [3.8, 4) is 11.5 Å². The Labute approximate surface area is 186 Å². The molecule has 0 amide bonds. The molecule has 0 fully saturated rings. The standard InChI is InChI=1S/C24H34N2O4S/c1-16-12-17(2)19(4)24(18(16)3)31(27,28)25-9-7-10-26-11-8-20-13-22(29-5)23(30-6)14-21(20)15-26/h12-14,25H,7-11,15H2,1-6H3. The molecule has 170 valence electrons. The Balaban J connectivity index is 1.60. The summed E-state index contributed by atoms with van der Waals surface area (Å²) in [6.45, 7) is 10.7. The molecule has 6 nitrogen and oxygen atoms in total. The van der Waals surface area contributed by atoms with E-state index in [1.54, 1.807) is 14.2 Å². The number of methoxy groups -OCH3 is 2. The van der Waals surface area contributed by atoms with E-state index in [1.807, 2.05) is 33.8 Å². The molecule has 0 bridgehead atoms. The summed E-state index contributed by atoms with van der Waals surface area (Å²) in [5.74, 6) is 1.51. The van der Waals surface area contributed by atoms with E-state index in [2.05, 4.69) is 21.8 Å². The minimum Gasteiger partial charge on any atom is -0.493 e. The lowest BCUT2D eigenvalue weighted by molar-refractivity contribution is 0.250. The molecule has 0 aliphatic carbocycles. The zero-order valence-electron chi connectivity index (χ0n) is 19.5. The summed E-state index contributed by atoms with van der Waals surface area (Å²) in [5.41, 5.74) is 6.19. The van der Waals surface area contributed by atoms with Crippen molar-refractivity contribution in [3.63, 3.8) is 0 Å². The Morgan fingerprint density at radius 3 is 2.10 bits per heavy atom. The number of rotatable bonds is 8. The van der Waals surface area contributed by atoms with Crippen molar-refractivity contribution >= 4 is 10.0 Å². The second-order valence-electron chi connectivity index (χ2n) is 8.34. The summed E-state index contributed by atoms with van der Waals surface area (Å²) in [5, 5.41) is 0. The van der Waals surface area contributed by atoms with Crippen LogP contribution in [0.25, 0.3) is 0 Å². The van der Waals surface area contributed by atoms with Gasteiger partial charge < -0.3 is 9.47 Å². The largest absolute Gasteiger partial charge is 0.493 e. The fourth-order valence-corrected chi connectivity index (χ4v) is 5.98. The predicted octanol–water partition coefficient (Wildman–Crippen LogP) is 3.66. The lowest BCUT2D eigenvalue weighted by Crippen LogP contribution is -2.34. The molecule has 0 unspecified atom stereocenters. The quantitative estimate of drug-likeness (QED) is 0.627. The normalized spacial score (nSPS) is 14.4. The van der Waals surface area contributed by atoms with E-state index in [0.29, 0.717) is 11.4 Å². The molecule has 2 aromatic rings. The van der Waals surface area contributed by atoms with Crippen LogP contribution in [-0.2, 0) is 23.0 Å². The minimum atomic E-state index is -3.53. The highest BCUT2D eigenvalue weighted by molar-refractivity contribution is 7.89. The maximum absolute atomic E-state index is 13.0. The average Bonchev–Trinajstić information content (AvgIpc) is 2.74. The monoisotopic (exact) mass is 446 g/mol. The van der Waals surface area contributed by atoms with Crippen LogP contribution in [0.5, 0.6) is 11.5 Å². The Morgan fingerprint density at radius 1 is 0.935 bits per heavy atom. The van der Waals surface area contributed by atoms with Crippen LogP contribution in [0.2, 0.25) is 0 Å². The smallest absolute Gasteiger partial charge is 0.241 e. The molecule has 7 heteroatoms. The fraction of sp³-hybridized carbons (Fsp3) is 0.500. The lowest BCUT2D eigenvalue weighted by Gasteiger charge is -2.29. The van der Waals surface area contributed by atoms with Gasteiger partial charge in [0.05, 0.1) is 19.1 Å². The molecule has 0 saturated heterocycles. The van der Waals surface area contributed by atoms with Gasteiger partial charge in [-0.25, -0.2) is 13.1 Å². The van der Waals surface area contributed by atoms with Crippen LogP contribution in [0.1, 0.15) is 39.8 Å². The number of nitrogens with one attached hydrogen (secondary N) is 1. The summed E-state index contributed by atoms with van der Waals surface area (Å²) >= 11 is 0. The maximum atomic E-state index is 13.0. The van der Waals surface area contributed by atoms with E-state index >= 15 is 0 Å². The zero-order valence-corrected chi connectivity index (χ0v) is 20.3. The first-order chi connectivity index (χ1) is 14.7. The van der Waals surface area contributed by atoms with E-state index in [1.165, 1.54) is 11.1 Å². The van der Waals surface area contributed by atoms with Gasteiger partial charge >= 0.3 is 0 Å². The second-order valence-corrected chi connectivity index (χ2v) is 10.0. The van der Waals surface area contributed by atoms with E-state index in [-0.39, 0.29) is 0 Å². The number of nitrogens with zero attached hydrogens (tertiary/aromatic N) is 1. The van der Waals surface area contributed by atoms with Gasteiger partial charge in [0, 0.05) is 19.6 Å². The third-order valence-corrected chi connectivity index (χ3v) is 8.04. The fourth-order valence-electron chi connectivity index (χ4n) is 4.30. The number of hydrogen-bond acceptors (Lipinski definition) is 5. The van der Waals surface area contributed by atoms with Crippen LogP contribution in [-0.4, -0.2) is 47.2 Å². The van der Waals surface area contributed by atoms with E-state index in [4.69, 9.17) is 9.47 Å². The van der Waals surface area contributed by atoms with Crippen LogP contribution in [0.4, 0.5) is 0 Å². The third-order valence-electron chi connectivity index (χ3n) is 6.31.